The summed E-state index contributed by atoms with van der Waals surface area (Å²) < 4.78 is 0. The Hall–Kier alpha value is -0.530. The summed E-state index contributed by atoms with van der Waals surface area (Å²) in [6.45, 7) is 6.72. The average molecular weight is 167 g/mol. The van der Waals surface area contributed by atoms with E-state index in [-0.39, 0.29) is 5.91 Å². The summed E-state index contributed by atoms with van der Waals surface area (Å²) in [5.41, 5.74) is 0.387. The summed E-state index contributed by atoms with van der Waals surface area (Å²) in [5.74, 6) is 1.59. The van der Waals surface area contributed by atoms with Gasteiger partial charge < -0.3 is 5.32 Å². The molecule has 3 aliphatic rings. The maximum Gasteiger partial charge on any atom is 0.220 e. The predicted molar refractivity (Wildman–Crippen MR) is 47.6 cm³/mol. The molecule has 2 bridgehead atoms. The van der Waals surface area contributed by atoms with E-state index in [1.165, 1.54) is 6.42 Å². The lowest BCUT2D eigenvalue weighted by atomic mass is 9.53. The van der Waals surface area contributed by atoms with E-state index in [4.69, 9.17) is 0 Å². The summed E-state index contributed by atoms with van der Waals surface area (Å²) in [6.07, 6.45) is 1.99. The number of rotatable bonds is 0. The molecule has 12 heavy (non-hydrogen) atoms. The van der Waals surface area contributed by atoms with E-state index in [9.17, 15) is 4.79 Å². The minimum Gasteiger partial charge on any atom is -0.353 e. The third-order valence-corrected chi connectivity index (χ3v) is 3.97. The number of hydrogen-bond acceptors (Lipinski definition) is 1. The van der Waals surface area contributed by atoms with Gasteiger partial charge in [-0.05, 0) is 30.6 Å². The van der Waals surface area contributed by atoms with Crippen molar-refractivity contribution >= 4 is 5.91 Å². The van der Waals surface area contributed by atoms with Gasteiger partial charge in [0.15, 0.2) is 0 Å². The molecule has 2 saturated heterocycles. The van der Waals surface area contributed by atoms with Crippen molar-refractivity contribution in [3.63, 3.8) is 0 Å². The highest BCUT2D eigenvalue weighted by Gasteiger charge is 2.52. The molecular formula is C10H17NO. The van der Waals surface area contributed by atoms with Crippen LogP contribution in [-0.2, 0) is 4.79 Å². The molecule has 3 fully saturated rings. The van der Waals surface area contributed by atoms with Crippen LogP contribution in [0, 0.1) is 17.3 Å². The normalized spacial score (nSPS) is 44.2. The summed E-state index contributed by atoms with van der Waals surface area (Å²) in [5, 5.41) is 3.05. The Morgan fingerprint density at radius 2 is 2.17 bits per heavy atom. The number of nitrogens with one attached hydrogen (secondary N) is 1. The van der Waals surface area contributed by atoms with Gasteiger partial charge in [-0.1, -0.05) is 13.8 Å². The molecule has 2 nitrogen and oxygen atoms in total. The Morgan fingerprint density at radius 3 is 2.75 bits per heavy atom. The quantitative estimate of drug-likeness (QED) is 0.583. The molecule has 3 atom stereocenters. The molecule has 3 rings (SSSR count). The molecular weight excluding hydrogens is 150 g/mol. The van der Waals surface area contributed by atoms with Crippen molar-refractivity contribution in [2.75, 3.05) is 0 Å². The Kier molecular flexibility index (Phi) is 1.51. The van der Waals surface area contributed by atoms with Crippen molar-refractivity contribution in [1.82, 2.24) is 5.32 Å². The van der Waals surface area contributed by atoms with Gasteiger partial charge in [0.2, 0.25) is 5.91 Å². The molecule has 0 aromatic rings. The first-order valence-corrected chi connectivity index (χ1v) is 4.81. The van der Waals surface area contributed by atoms with Gasteiger partial charge in [0.25, 0.3) is 0 Å². The standard InChI is InChI=1S/C10H17NO/c1-6-8-4-7(10(8,2)3)5-9(12)11-6/h6-8H,4-5H2,1-3H3,(H,11,12). The first-order valence-electron chi connectivity index (χ1n) is 4.81. The highest BCUT2D eigenvalue weighted by atomic mass is 16.1. The topological polar surface area (TPSA) is 29.1 Å². The van der Waals surface area contributed by atoms with Crippen LogP contribution < -0.4 is 5.32 Å². The van der Waals surface area contributed by atoms with Crippen LogP contribution in [0.1, 0.15) is 33.6 Å². The van der Waals surface area contributed by atoms with E-state index in [1.807, 2.05) is 0 Å². The van der Waals surface area contributed by atoms with Crippen LogP contribution in [0.25, 0.3) is 0 Å². The summed E-state index contributed by atoms with van der Waals surface area (Å²) in [7, 11) is 0. The van der Waals surface area contributed by atoms with Crippen LogP contribution >= 0.6 is 0 Å². The highest BCUT2D eigenvalue weighted by molar-refractivity contribution is 5.77. The average Bonchev–Trinajstić information content (AvgIpc) is 2.14. The molecule has 0 radical (unpaired) electrons. The molecule has 68 valence electrons. The molecule has 1 saturated carbocycles. The van der Waals surface area contributed by atoms with Gasteiger partial charge in [-0.3, -0.25) is 4.79 Å². The Bertz CT molecular complexity index is 222. The molecule has 2 heteroatoms. The Labute approximate surface area is 73.7 Å². The summed E-state index contributed by atoms with van der Waals surface area (Å²) in [6, 6.07) is 0.381. The van der Waals surface area contributed by atoms with Gasteiger partial charge in [-0.15, -0.1) is 0 Å². The smallest absolute Gasteiger partial charge is 0.220 e. The molecule has 2 aliphatic heterocycles. The molecule has 1 aliphatic carbocycles. The van der Waals surface area contributed by atoms with Crippen molar-refractivity contribution < 1.29 is 4.79 Å². The van der Waals surface area contributed by atoms with E-state index in [0.29, 0.717) is 23.3 Å². The molecule has 1 N–H and O–H groups in total. The largest absolute Gasteiger partial charge is 0.353 e. The van der Waals surface area contributed by atoms with E-state index in [0.717, 1.165) is 6.42 Å². The monoisotopic (exact) mass is 167 g/mol. The van der Waals surface area contributed by atoms with Crippen LogP contribution in [0.3, 0.4) is 0 Å². The van der Waals surface area contributed by atoms with Crippen molar-refractivity contribution in [2.45, 2.75) is 39.7 Å². The van der Waals surface area contributed by atoms with Gasteiger partial charge in [0.05, 0.1) is 0 Å². The van der Waals surface area contributed by atoms with Crippen molar-refractivity contribution in [1.29, 1.82) is 0 Å². The number of hydrogen-bond donors (Lipinski definition) is 1. The third kappa shape index (κ3) is 0.900. The number of carbonyl (C=O) groups excluding carboxylic acids is 1. The number of fused-ring (bicyclic) bond motifs is 3. The number of amides is 1. The lowest BCUT2D eigenvalue weighted by Gasteiger charge is -2.52. The van der Waals surface area contributed by atoms with Gasteiger partial charge in [-0.2, -0.15) is 0 Å². The van der Waals surface area contributed by atoms with E-state index in [1.54, 1.807) is 0 Å². The van der Waals surface area contributed by atoms with Crippen LogP contribution in [0.15, 0.2) is 0 Å². The SMILES string of the molecule is CC1NC(=O)CC2CC1C2(C)C. The van der Waals surface area contributed by atoms with Crippen LogP contribution in [-0.4, -0.2) is 11.9 Å². The van der Waals surface area contributed by atoms with Gasteiger partial charge in [0.1, 0.15) is 0 Å². The van der Waals surface area contributed by atoms with Crippen molar-refractivity contribution in [3.05, 3.63) is 0 Å². The van der Waals surface area contributed by atoms with E-state index >= 15 is 0 Å². The Balaban J connectivity index is 2.23. The predicted octanol–water partition coefficient (Wildman–Crippen LogP) is 1.56. The van der Waals surface area contributed by atoms with Crippen molar-refractivity contribution in [3.8, 4) is 0 Å². The van der Waals surface area contributed by atoms with E-state index in [2.05, 4.69) is 26.1 Å². The third-order valence-electron chi connectivity index (χ3n) is 3.97. The molecule has 3 unspecified atom stereocenters. The fourth-order valence-electron chi connectivity index (χ4n) is 2.89. The van der Waals surface area contributed by atoms with Crippen LogP contribution in [0.2, 0.25) is 0 Å². The molecule has 0 aromatic carbocycles. The molecule has 1 amide bonds. The number of carbonyl (C=O) groups is 1. The summed E-state index contributed by atoms with van der Waals surface area (Å²) >= 11 is 0. The molecule has 0 aromatic heterocycles. The lowest BCUT2D eigenvalue weighted by Crippen LogP contribution is -2.49. The molecule has 0 spiro atoms. The first kappa shape index (κ1) is 8.09. The van der Waals surface area contributed by atoms with Crippen LogP contribution in [0.4, 0.5) is 0 Å². The zero-order valence-electron chi connectivity index (χ0n) is 8.05. The van der Waals surface area contributed by atoms with Crippen molar-refractivity contribution in [2.24, 2.45) is 17.3 Å². The lowest BCUT2D eigenvalue weighted by molar-refractivity contribution is -0.122. The van der Waals surface area contributed by atoms with Crippen LogP contribution in [0.5, 0.6) is 0 Å². The fraction of sp³-hybridized carbons (Fsp3) is 0.900. The van der Waals surface area contributed by atoms with Gasteiger partial charge in [-0.25, -0.2) is 0 Å². The minimum atomic E-state index is 0.251. The second-order valence-electron chi connectivity index (χ2n) is 4.92. The fourth-order valence-corrected chi connectivity index (χ4v) is 2.89. The first-order chi connectivity index (χ1) is 5.51. The highest BCUT2D eigenvalue weighted by Crippen LogP contribution is 2.55. The van der Waals surface area contributed by atoms with Gasteiger partial charge >= 0.3 is 0 Å². The second-order valence-corrected chi connectivity index (χ2v) is 4.92. The zero-order chi connectivity index (χ0) is 8.93. The van der Waals surface area contributed by atoms with E-state index < -0.39 is 0 Å². The minimum absolute atomic E-state index is 0.251. The zero-order valence-corrected chi connectivity index (χ0v) is 8.05. The summed E-state index contributed by atoms with van der Waals surface area (Å²) in [4.78, 5) is 11.3. The maximum absolute atomic E-state index is 11.3. The van der Waals surface area contributed by atoms with Gasteiger partial charge in [0, 0.05) is 12.5 Å². The Morgan fingerprint density at radius 1 is 1.50 bits per heavy atom. The molecule has 2 heterocycles. The second kappa shape index (κ2) is 2.24. The maximum atomic E-state index is 11.3.